The maximum Gasteiger partial charge on any atom is 0.273 e. The number of piperazine rings is 1. The van der Waals surface area contributed by atoms with Gasteiger partial charge in [0.25, 0.3) is 5.56 Å². The Hall–Kier alpha value is -2.78. The van der Waals surface area contributed by atoms with Crippen molar-refractivity contribution in [1.29, 1.82) is 0 Å². The Morgan fingerprint density at radius 2 is 1.83 bits per heavy atom. The fourth-order valence-corrected chi connectivity index (χ4v) is 3.23. The minimum Gasteiger partial charge on any atom is -0.497 e. The number of nitrogens with one attached hydrogen (secondary N) is 1. The standard InChI is InChI=1S/C20H27N5O4/c1-28-14-13-24-9-11-25(12-10-24)18(26)8-7-17-20(27)21-19(23-22-17)15-3-5-16(29-2)6-4-15/h3-6H,7-14H2,1-2H3,(H,21,23,27). The van der Waals surface area contributed by atoms with E-state index in [9.17, 15) is 9.59 Å². The van der Waals surface area contributed by atoms with E-state index in [0.717, 1.165) is 30.9 Å². The van der Waals surface area contributed by atoms with E-state index < -0.39 is 0 Å². The van der Waals surface area contributed by atoms with Crippen molar-refractivity contribution in [3.05, 3.63) is 40.3 Å². The Kier molecular flexibility index (Phi) is 7.31. The summed E-state index contributed by atoms with van der Waals surface area (Å²) >= 11 is 0. The van der Waals surface area contributed by atoms with Crippen LogP contribution in [0.5, 0.6) is 5.75 Å². The molecule has 0 spiro atoms. The molecule has 0 saturated carbocycles. The van der Waals surface area contributed by atoms with Gasteiger partial charge >= 0.3 is 0 Å². The third-order valence-corrected chi connectivity index (χ3v) is 5.04. The number of aryl methyl sites for hydroxylation is 1. The number of aromatic nitrogens is 3. The van der Waals surface area contributed by atoms with Gasteiger partial charge in [-0.15, -0.1) is 10.2 Å². The number of aromatic amines is 1. The molecule has 1 aliphatic rings. The number of H-pyrrole nitrogens is 1. The molecule has 0 bridgehead atoms. The van der Waals surface area contributed by atoms with Crippen LogP contribution in [0, 0.1) is 0 Å². The molecule has 1 aromatic heterocycles. The average Bonchev–Trinajstić information content (AvgIpc) is 2.77. The molecule has 1 aliphatic heterocycles. The molecule has 9 heteroatoms. The average molecular weight is 401 g/mol. The van der Waals surface area contributed by atoms with E-state index in [1.54, 1.807) is 38.5 Å². The van der Waals surface area contributed by atoms with Crippen LogP contribution in [0.15, 0.2) is 29.1 Å². The van der Waals surface area contributed by atoms with Crippen molar-refractivity contribution in [2.45, 2.75) is 12.8 Å². The van der Waals surface area contributed by atoms with Gasteiger partial charge in [-0.25, -0.2) is 0 Å². The summed E-state index contributed by atoms with van der Waals surface area (Å²) in [5, 5.41) is 8.15. The van der Waals surface area contributed by atoms with Crippen molar-refractivity contribution in [2.75, 3.05) is 53.6 Å². The SMILES string of the molecule is COCCN1CCN(C(=O)CCc2nnc(-c3ccc(OC)cc3)[nH]c2=O)CC1. The van der Waals surface area contributed by atoms with Crippen LogP contribution in [-0.2, 0) is 16.0 Å². The van der Waals surface area contributed by atoms with E-state index in [2.05, 4.69) is 20.1 Å². The first kappa shape index (κ1) is 20.9. The Morgan fingerprint density at radius 3 is 2.45 bits per heavy atom. The fraction of sp³-hybridized carbons (Fsp3) is 0.500. The molecule has 1 fully saturated rings. The van der Waals surface area contributed by atoms with Gasteiger partial charge in [0.2, 0.25) is 5.91 Å². The Balaban J connectivity index is 1.53. The molecule has 9 nitrogen and oxygen atoms in total. The zero-order valence-corrected chi connectivity index (χ0v) is 16.9. The molecule has 1 saturated heterocycles. The summed E-state index contributed by atoms with van der Waals surface area (Å²) in [4.78, 5) is 31.7. The van der Waals surface area contributed by atoms with E-state index in [4.69, 9.17) is 9.47 Å². The molecule has 29 heavy (non-hydrogen) atoms. The molecule has 1 aromatic carbocycles. The van der Waals surface area contributed by atoms with Crippen LogP contribution in [0.25, 0.3) is 11.4 Å². The molecule has 1 N–H and O–H groups in total. The first-order valence-electron chi connectivity index (χ1n) is 9.70. The van der Waals surface area contributed by atoms with Gasteiger partial charge in [0.15, 0.2) is 5.82 Å². The van der Waals surface area contributed by atoms with Crippen molar-refractivity contribution >= 4 is 5.91 Å². The lowest BCUT2D eigenvalue weighted by Gasteiger charge is -2.34. The monoisotopic (exact) mass is 401 g/mol. The van der Waals surface area contributed by atoms with Crippen molar-refractivity contribution < 1.29 is 14.3 Å². The van der Waals surface area contributed by atoms with E-state index in [0.29, 0.717) is 25.5 Å². The van der Waals surface area contributed by atoms with Gasteiger partial charge in [0.05, 0.1) is 13.7 Å². The zero-order chi connectivity index (χ0) is 20.6. The first-order valence-corrected chi connectivity index (χ1v) is 9.70. The molecule has 0 atom stereocenters. The van der Waals surface area contributed by atoms with Gasteiger partial charge < -0.3 is 19.4 Å². The second-order valence-corrected chi connectivity index (χ2v) is 6.89. The number of rotatable bonds is 8. The fourth-order valence-electron chi connectivity index (χ4n) is 3.23. The molecule has 0 aliphatic carbocycles. The van der Waals surface area contributed by atoms with Crippen LogP contribution in [0.4, 0.5) is 0 Å². The molecule has 3 rings (SSSR count). The maximum atomic E-state index is 12.5. The van der Waals surface area contributed by atoms with Gasteiger partial charge in [0, 0.05) is 58.2 Å². The van der Waals surface area contributed by atoms with Gasteiger partial charge in [-0.05, 0) is 24.3 Å². The quantitative estimate of drug-likeness (QED) is 0.690. The van der Waals surface area contributed by atoms with Crippen molar-refractivity contribution in [3.63, 3.8) is 0 Å². The van der Waals surface area contributed by atoms with Crippen LogP contribution in [0.1, 0.15) is 12.1 Å². The second-order valence-electron chi connectivity index (χ2n) is 6.89. The summed E-state index contributed by atoms with van der Waals surface area (Å²) in [5.74, 6) is 1.15. The van der Waals surface area contributed by atoms with Gasteiger partial charge in [-0.3, -0.25) is 14.5 Å². The van der Waals surface area contributed by atoms with E-state index in [1.807, 2.05) is 4.90 Å². The number of nitrogens with zero attached hydrogens (tertiary/aromatic N) is 4. The minimum absolute atomic E-state index is 0.0387. The number of methoxy groups -OCH3 is 2. The van der Waals surface area contributed by atoms with Gasteiger partial charge in [-0.2, -0.15) is 0 Å². The molecular formula is C20H27N5O4. The molecule has 0 radical (unpaired) electrons. The number of benzene rings is 1. The zero-order valence-electron chi connectivity index (χ0n) is 16.9. The van der Waals surface area contributed by atoms with Crippen molar-refractivity contribution in [1.82, 2.24) is 25.0 Å². The van der Waals surface area contributed by atoms with Crippen LogP contribution in [-0.4, -0.2) is 84.4 Å². The topological polar surface area (TPSA) is 101 Å². The van der Waals surface area contributed by atoms with E-state index in [-0.39, 0.29) is 30.0 Å². The summed E-state index contributed by atoms with van der Waals surface area (Å²) in [7, 11) is 3.28. The lowest BCUT2D eigenvalue weighted by molar-refractivity contribution is -0.133. The first-order chi connectivity index (χ1) is 14.1. The molecule has 156 valence electrons. The maximum absolute atomic E-state index is 12.5. The smallest absolute Gasteiger partial charge is 0.273 e. The van der Waals surface area contributed by atoms with Gasteiger partial charge in [-0.1, -0.05) is 0 Å². The summed E-state index contributed by atoms with van der Waals surface area (Å²) in [6.07, 6.45) is 0.520. The van der Waals surface area contributed by atoms with Crippen molar-refractivity contribution in [2.24, 2.45) is 0 Å². The number of carbonyl (C=O) groups is 1. The molecular weight excluding hydrogens is 374 g/mol. The lowest BCUT2D eigenvalue weighted by Crippen LogP contribution is -2.49. The summed E-state index contributed by atoms with van der Waals surface area (Å²) in [5.41, 5.74) is 0.696. The lowest BCUT2D eigenvalue weighted by atomic mass is 10.2. The van der Waals surface area contributed by atoms with Crippen LogP contribution < -0.4 is 10.3 Å². The summed E-state index contributed by atoms with van der Waals surface area (Å²) in [6.45, 7) is 4.64. The number of hydrogen-bond acceptors (Lipinski definition) is 7. The highest BCUT2D eigenvalue weighted by atomic mass is 16.5. The number of ether oxygens (including phenoxy) is 2. The largest absolute Gasteiger partial charge is 0.497 e. The van der Waals surface area contributed by atoms with Gasteiger partial charge in [0.1, 0.15) is 11.4 Å². The van der Waals surface area contributed by atoms with Crippen LogP contribution in [0.3, 0.4) is 0 Å². The highest BCUT2D eigenvalue weighted by Gasteiger charge is 2.21. The third kappa shape index (κ3) is 5.61. The molecule has 2 heterocycles. The molecule has 0 unspecified atom stereocenters. The molecule has 2 aromatic rings. The number of hydrogen-bond donors (Lipinski definition) is 1. The van der Waals surface area contributed by atoms with Crippen LogP contribution in [0.2, 0.25) is 0 Å². The number of amides is 1. The van der Waals surface area contributed by atoms with Crippen LogP contribution >= 0.6 is 0 Å². The normalized spacial score (nSPS) is 14.8. The summed E-state index contributed by atoms with van der Waals surface area (Å²) in [6, 6.07) is 7.18. The molecule has 1 amide bonds. The second kappa shape index (κ2) is 10.1. The Bertz CT molecular complexity index is 860. The summed E-state index contributed by atoms with van der Waals surface area (Å²) < 4.78 is 10.2. The Morgan fingerprint density at radius 1 is 1.10 bits per heavy atom. The highest BCUT2D eigenvalue weighted by Crippen LogP contribution is 2.17. The predicted molar refractivity (Wildman–Crippen MR) is 108 cm³/mol. The Labute approximate surface area is 169 Å². The van der Waals surface area contributed by atoms with E-state index >= 15 is 0 Å². The highest BCUT2D eigenvalue weighted by molar-refractivity contribution is 5.76. The number of carbonyl (C=O) groups excluding carboxylic acids is 1. The van der Waals surface area contributed by atoms with Crippen molar-refractivity contribution in [3.8, 4) is 17.1 Å². The van der Waals surface area contributed by atoms with E-state index in [1.165, 1.54) is 0 Å². The minimum atomic E-state index is -0.317. The predicted octanol–water partition coefficient (Wildman–Crippen LogP) is 0.564. The third-order valence-electron chi connectivity index (χ3n) is 5.04.